The number of amides is 1. The molecule has 5 nitrogen and oxygen atoms in total. The van der Waals surface area contributed by atoms with Crippen LogP contribution in [-0.4, -0.2) is 19.6 Å². The van der Waals surface area contributed by atoms with Crippen LogP contribution < -0.4 is 20.5 Å². The van der Waals surface area contributed by atoms with Crippen molar-refractivity contribution in [3.63, 3.8) is 0 Å². The van der Waals surface area contributed by atoms with Gasteiger partial charge in [0.2, 0.25) is 0 Å². The summed E-state index contributed by atoms with van der Waals surface area (Å²) in [6, 6.07) is 12.2. The first-order chi connectivity index (χ1) is 12.7. The number of benzene rings is 2. The highest BCUT2D eigenvalue weighted by Gasteiger charge is 2.14. The van der Waals surface area contributed by atoms with E-state index < -0.39 is 5.91 Å². The van der Waals surface area contributed by atoms with Gasteiger partial charge in [0, 0.05) is 13.1 Å². The third kappa shape index (κ3) is 6.15. The largest absolute Gasteiger partial charge is 0.493 e. The number of nitrogens with two attached hydrogens (primary N) is 1. The third-order valence-corrected chi connectivity index (χ3v) is 4.41. The van der Waals surface area contributed by atoms with Gasteiger partial charge >= 0.3 is 0 Å². The van der Waals surface area contributed by atoms with Gasteiger partial charge < -0.3 is 20.5 Å². The zero-order valence-corrected chi connectivity index (χ0v) is 17.0. The number of rotatable bonds is 8. The minimum absolute atomic E-state index is 0.150. The van der Waals surface area contributed by atoms with Gasteiger partial charge in [-0.1, -0.05) is 56.6 Å². The predicted molar refractivity (Wildman–Crippen MR) is 108 cm³/mol. The molecule has 0 aromatic heterocycles. The van der Waals surface area contributed by atoms with Crippen LogP contribution in [0.15, 0.2) is 36.4 Å². The molecule has 1 amide bonds. The van der Waals surface area contributed by atoms with E-state index in [0.29, 0.717) is 23.1 Å². The van der Waals surface area contributed by atoms with Crippen LogP contribution in [0.1, 0.15) is 37.5 Å². The van der Waals surface area contributed by atoms with Gasteiger partial charge in [-0.05, 0) is 34.2 Å². The van der Waals surface area contributed by atoms with Gasteiger partial charge in [-0.2, -0.15) is 0 Å². The van der Waals surface area contributed by atoms with E-state index in [1.54, 1.807) is 6.07 Å². The van der Waals surface area contributed by atoms with Gasteiger partial charge in [0.05, 0.1) is 12.1 Å². The minimum Gasteiger partial charge on any atom is -0.493 e. The summed E-state index contributed by atoms with van der Waals surface area (Å²) in [6.07, 6.45) is 0. The lowest BCUT2D eigenvalue weighted by Crippen LogP contribution is -2.20. The summed E-state index contributed by atoms with van der Waals surface area (Å²) in [4.78, 5) is 10.9. The van der Waals surface area contributed by atoms with E-state index in [9.17, 15) is 4.79 Å². The Bertz CT molecular complexity index is 783. The van der Waals surface area contributed by atoms with Crippen molar-refractivity contribution in [2.75, 3.05) is 13.7 Å². The van der Waals surface area contributed by atoms with Crippen molar-refractivity contribution in [2.24, 2.45) is 5.73 Å². The van der Waals surface area contributed by atoms with Crippen molar-refractivity contribution < 1.29 is 14.3 Å². The Labute approximate surface area is 165 Å². The summed E-state index contributed by atoms with van der Waals surface area (Å²) in [5, 5.41) is 3.77. The van der Waals surface area contributed by atoms with Crippen LogP contribution in [0.5, 0.6) is 11.5 Å². The van der Waals surface area contributed by atoms with Crippen LogP contribution in [0, 0.1) is 0 Å². The lowest BCUT2D eigenvalue weighted by Gasteiger charge is -2.19. The number of hydrogen-bond acceptors (Lipinski definition) is 4. The number of nitrogens with one attached hydrogen (secondary N) is 1. The fraction of sp³-hybridized carbons (Fsp3) is 0.381. The molecule has 0 heterocycles. The van der Waals surface area contributed by atoms with Gasteiger partial charge in [-0.25, -0.2) is 0 Å². The molecule has 0 radical (unpaired) electrons. The van der Waals surface area contributed by atoms with E-state index in [4.69, 9.17) is 26.8 Å². The standard InChI is InChI=1S/C21H27ClN2O3/c1-21(2,3)16-7-5-14(6-8-16)11-24-12-15-9-17(22)20(18(10-15)26-4)27-13-19(23)25/h5-10,24H,11-13H2,1-4H3,(H2,23,25). The highest BCUT2D eigenvalue weighted by Crippen LogP contribution is 2.36. The SMILES string of the molecule is COc1cc(CNCc2ccc(C(C)(C)C)cc2)cc(Cl)c1OCC(N)=O. The molecule has 6 heteroatoms. The Morgan fingerprint density at radius 2 is 1.74 bits per heavy atom. The van der Waals surface area contributed by atoms with Crippen LogP contribution in [0.3, 0.4) is 0 Å². The molecule has 0 atom stereocenters. The van der Waals surface area contributed by atoms with E-state index in [1.807, 2.05) is 6.07 Å². The molecule has 0 saturated heterocycles. The van der Waals surface area contributed by atoms with Crippen molar-refractivity contribution >= 4 is 17.5 Å². The Kier molecular flexibility index (Phi) is 7.11. The molecule has 0 spiro atoms. The molecule has 2 aromatic carbocycles. The summed E-state index contributed by atoms with van der Waals surface area (Å²) in [5.74, 6) is 0.214. The first-order valence-corrected chi connectivity index (χ1v) is 9.16. The average molecular weight is 391 g/mol. The number of ether oxygens (including phenoxy) is 2. The Morgan fingerprint density at radius 3 is 2.30 bits per heavy atom. The fourth-order valence-electron chi connectivity index (χ4n) is 2.63. The highest BCUT2D eigenvalue weighted by atomic mass is 35.5. The molecule has 0 saturated carbocycles. The average Bonchev–Trinajstić information content (AvgIpc) is 2.60. The van der Waals surface area contributed by atoms with Crippen LogP contribution in [-0.2, 0) is 23.3 Å². The number of hydrogen-bond donors (Lipinski definition) is 2. The second kappa shape index (κ2) is 9.11. The number of halogens is 1. The van der Waals surface area contributed by atoms with Gasteiger partial charge in [0.25, 0.3) is 5.91 Å². The molecule has 0 aliphatic carbocycles. The summed E-state index contributed by atoms with van der Waals surface area (Å²) in [7, 11) is 1.52. The molecule has 3 N–H and O–H groups in total. The van der Waals surface area contributed by atoms with E-state index in [1.165, 1.54) is 18.2 Å². The first kappa shape index (κ1) is 21.1. The summed E-state index contributed by atoms with van der Waals surface area (Å²) in [6.45, 7) is 7.71. The number of primary amides is 1. The number of methoxy groups -OCH3 is 1. The van der Waals surface area contributed by atoms with Gasteiger partial charge in [0.15, 0.2) is 18.1 Å². The topological polar surface area (TPSA) is 73.6 Å². The van der Waals surface area contributed by atoms with Crippen LogP contribution in [0.2, 0.25) is 5.02 Å². The van der Waals surface area contributed by atoms with Crippen LogP contribution in [0.25, 0.3) is 0 Å². The zero-order valence-electron chi connectivity index (χ0n) is 16.3. The maximum absolute atomic E-state index is 10.9. The predicted octanol–water partition coefficient (Wildman–Crippen LogP) is 3.80. The summed E-state index contributed by atoms with van der Waals surface area (Å²) in [5.41, 5.74) is 8.74. The van der Waals surface area contributed by atoms with Gasteiger partial charge in [-0.15, -0.1) is 0 Å². The number of carbonyl (C=O) groups is 1. The first-order valence-electron chi connectivity index (χ1n) is 8.78. The minimum atomic E-state index is -0.573. The molecular formula is C21H27ClN2O3. The van der Waals surface area contributed by atoms with Crippen molar-refractivity contribution in [1.82, 2.24) is 5.32 Å². The van der Waals surface area contributed by atoms with E-state index in [2.05, 4.69) is 50.4 Å². The van der Waals surface area contributed by atoms with Crippen molar-refractivity contribution in [1.29, 1.82) is 0 Å². The van der Waals surface area contributed by atoms with Crippen LogP contribution >= 0.6 is 11.6 Å². The molecule has 27 heavy (non-hydrogen) atoms. The van der Waals surface area contributed by atoms with E-state index in [-0.39, 0.29) is 12.0 Å². The van der Waals surface area contributed by atoms with E-state index in [0.717, 1.165) is 12.1 Å². The fourth-order valence-corrected chi connectivity index (χ4v) is 2.92. The number of carbonyl (C=O) groups excluding carboxylic acids is 1. The lowest BCUT2D eigenvalue weighted by atomic mass is 9.87. The third-order valence-electron chi connectivity index (χ3n) is 4.13. The molecule has 0 fully saturated rings. The molecule has 2 aromatic rings. The van der Waals surface area contributed by atoms with E-state index >= 15 is 0 Å². The maximum atomic E-state index is 10.9. The molecule has 0 bridgehead atoms. The zero-order chi connectivity index (χ0) is 20.0. The normalized spacial score (nSPS) is 11.3. The molecular weight excluding hydrogens is 364 g/mol. The Morgan fingerprint density at radius 1 is 1.11 bits per heavy atom. The monoisotopic (exact) mass is 390 g/mol. The molecule has 0 aliphatic rings. The second-order valence-corrected chi connectivity index (χ2v) is 7.82. The van der Waals surface area contributed by atoms with Crippen LogP contribution in [0.4, 0.5) is 0 Å². The van der Waals surface area contributed by atoms with Crippen molar-refractivity contribution in [3.05, 3.63) is 58.1 Å². The molecule has 0 unspecified atom stereocenters. The molecule has 0 aliphatic heterocycles. The highest BCUT2D eigenvalue weighted by molar-refractivity contribution is 6.32. The molecule has 146 valence electrons. The van der Waals surface area contributed by atoms with Gasteiger partial charge in [0.1, 0.15) is 0 Å². The molecule has 2 rings (SSSR count). The van der Waals surface area contributed by atoms with Crippen molar-refractivity contribution in [3.8, 4) is 11.5 Å². The summed E-state index contributed by atoms with van der Waals surface area (Å²) < 4.78 is 10.7. The summed E-state index contributed by atoms with van der Waals surface area (Å²) >= 11 is 6.27. The quantitative estimate of drug-likeness (QED) is 0.719. The smallest absolute Gasteiger partial charge is 0.255 e. The maximum Gasteiger partial charge on any atom is 0.255 e. The Balaban J connectivity index is 1.99. The Hall–Kier alpha value is -2.24. The second-order valence-electron chi connectivity index (χ2n) is 7.41. The van der Waals surface area contributed by atoms with Crippen molar-refractivity contribution in [2.45, 2.75) is 39.3 Å². The lowest BCUT2D eigenvalue weighted by molar-refractivity contribution is -0.119. The van der Waals surface area contributed by atoms with Gasteiger partial charge in [-0.3, -0.25) is 4.79 Å².